The van der Waals surface area contributed by atoms with Crippen molar-refractivity contribution in [3.05, 3.63) is 48.0 Å². The number of azo groups is 1. The van der Waals surface area contributed by atoms with Crippen molar-refractivity contribution in [1.29, 1.82) is 0 Å². The average Bonchev–Trinajstić information content (AvgIpc) is 2.54. The van der Waals surface area contributed by atoms with Crippen LogP contribution >= 0.6 is 0 Å². The second kappa shape index (κ2) is 7.95. The lowest BCUT2D eigenvalue weighted by Gasteiger charge is -2.20. The van der Waals surface area contributed by atoms with E-state index in [1.807, 2.05) is 36.4 Å². The first-order valence-electron chi connectivity index (χ1n) is 8.45. The second-order valence-corrected chi connectivity index (χ2v) is 6.89. The Bertz CT molecular complexity index is 702. The van der Waals surface area contributed by atoms with Crippen LogP contribution in [0.4, 0.5) is 17.1 Å². The van der Waals surface area contributed by atoms with E-state index in [2.05, 4.69) is 44.0 Å². The molecular weight excluding hydrogens is 298 g/mol. The first-order valence-corrected chi connectivity index (χ1v) is 8.45. The highest BCUT2D eigenvalue weighted by Gasteiger charge is 2.16. The van der Waals surface area contributed by atoms with Crippen molar-refractivity contribution >= 4 is 17.1 Å². The highest BCUT2D eigenvalue weighted by Crippen LogP contribution is 2.35. The van der Waals surface area contributed by atoms with Gasteiger partial charge in [0, 0.05) is 0 Å². The Balaban J connectivity index is 2.34. The number of nitrogen functional groups attached to an aromatic ring is 1. The van der Waals surface area contributed by atoms with Gasteiger partial charge in [-0.1, -0.05) is 52.3 Å². The van der Waals surface area contributed by atoms with E-state index in [0.717, 1.165) is 24.3 Å². The molecule has 0 spiro atoms. The van der Waals surface area contributed by atoms with Crippen LogP contribution in [0.2, 0.25) is 0 Å². The lowest BCUT2D eigenvalue weighted by Crippen LogP contribution is -2.10. The van der Waals surface area contributed by atoms with Crippen molar-refractivity contribution in [2.45, 2.75) is 46.0 Å². The molecule has 4 heteroatoms. The number of benzene rings is 2. The Morgan fingerprint density at radius 3 is 2.38 bits per heavy atom. The molecule has 2 aromatic rings. The molecule has 0 aromatic heterocycles. The fraction of sp³-hybridized carbons (Fsp3) is 0.400. The Morgan fingerprint density at radius 1 is 1.00 bits per heavy atom. The number of ether oxygens (including phenoxy) is 1. The first-order chi connectivity index (χ1) is 11.4. The van der Waals surface area contributed by atoms with Crippen molar-refractivity contribution in [3.8, 4) is 5.75 Å². The highest BCUT2D eigenvalue weighted by atomic mass is 16.5. The number of hydrogen-bond donors (Lipinski definition) is 1. The Kier molecular flexibility index (Phi) is 5.96. The highest BCUT2D eigenvalue weighted by molar-refractivity contribution is 5.62. The van der Waals surface area contributed by atoms with Gasteiger partial charge in [-0.25, -0.2) is 0 Å². The summed E-state index contributed by atoms with van der Waals surface area (Å²) in [6, 6.07) is 13.6. The quantitative estimate of drug-likeness (QED) is 0.393. The van der Waals surface area contributed by atoms with Crippen LogP contribution < -0.4 is 10.5 Å². The molecule has 2 N–H and O–H groups in total. The molecule has 0 saturated carbocycles. The topological polar surface area (TPSA) is 60.0 Å². The molecule has 0 saturated heterocycles. The van der Waals surface area contributed by atoms with Crippen molar-refractivity contribution in [2.75, 3.05) is 12.3 Å². The summed E-state index contributed by atoms with van der Waals surface area (Å²) in [7, 11) is 0. The zero-order chi connectivity index (χ0) is 17.6. The molecule has 0 aliphatic rings. The van der Waals surface area contributed by atoms with Crippen LogP contribution in [0.1, 0.15) is 46.1 Å². The summed E-state index contributed by atoms with van der Waals surface area (Å²) in [6.07, 6.45) is 2.11. The molecule has 0 radical (unpaired) electrons. The maximum atomic E-state index is 5.94. The fourth-order valence-corrected chi connectivity index (χ4v) is 2.20. The van der Waals surface area contributed by atoms with Crippen LogP contribution in [0.25, 0.3) is 0 Å². The lowest BCUT2D eigenvalue weighted by atomic mass is 9.87. The molecule has 0 aliphatic carbocycles. The summed E-state index contributed by atoms with van der Waals surface area (Å²) < 4.78 is 5.88. The van der Waals surface area contributed by atoms with Crippen molar-refractivity contribution in [2.24, 2.45) is 10.2 Å². The zero-order valence-corrected chi connectivity index (χ0v) is 15.0. The van der Waals surface area contributed by atoms with Gasteiger partial charge in [-0.2, -0.15) is 0 Å². The third-order valence-corrected chi connectivity index (χ3v) is 3.78. The van der Waals surface area contributed by atoms with Gasteiger partial charge in [0.2, 0.25) is 0 Å². The van der Waals surface area contributed by atoms with Crippen LogP contribution in [-0.2, 0) is 5.41 Å². The SMILES string of the molecule is CCCCOc1ccc(C(C)(C)C)cc1N=Nc1ccccc1N. The van der Waals surface area contributed by atoms with Crippen LogP contribution in [-0.4, -0.2) is 6.61 Å². The van der Waals surface area contributed by atoms with Gasteiger partial charge in [0.05, 0.1) is 12.3 Å². The van der Waals surface area contributed by atoms with E-state index in [-0.39, 0.29) is 5.41 Å². The molecule has 0 bridgehead atoms. The smallest absolute Gasteiger partial charge is 0.146 e. The summed E-state index contributed by atoms with van der Waals surface area (Å²) in [4.78, 5) is 0. The van der Waals surface area contributed by atoms with E-state index in [4.69, 9.17) is 10.5 Å². The van der Waals surface area contributed by atoms with Crippen molar-refractivity contribution < 1.29 is 4.74 Å². The van der Waals surface area contributed by atoms with Crippen LogP contribution in [0.15, 0.2) is 52.7 Å². The summed E-state index contributed by atoms with van der Waals surface area (Å²) in [6.45, 7) is 9.36. The molecule has 2 rings (SSSR count). The predicted molar refractivity (Wildman–Crippen MR) is 101 cm³/mol. The Morgan fingerprint density at radius 2 is 1.71 bits per heavy atom. The summed E-state index contributed by atoms with van der Waals surface area (Å²) >= 11 is 0. The molecule has 4 nitrogen and oxygen atoms in total. The van der Waals surface area contributed by atoms with Gasteiger partial charge in [0.1, 0.15) is 17.1 Å². The Labute approximate surface area is 144 Å². The van der Waals surface area contributed by atoms with Gasteiger partial charge >= 0.3 is 0 Å². The molecular formula is C20H27N3O. The van der Waals surface area contributed by atoms with Gasteiger partial charge in [0.25, 0.3) is 0 Å². The first kappa shape index (κ1) is 18.0. The minimum absolute atomic E-state index is 0.0397. The number of unbranched alkanes of at least 4 members (excludes halogenated alkanes) is 1. The molecule has 0 fully saturated rings. The third kappa shape index (κ3) is 4.82. The third-order valence-electron chi connectivity index (χ3n) is 3.78. The lowest BCUT2D eigenvalue weighted by molar-refractivity contribution is 0.310. The fourth-order valence-electron chi connectivity index (χ4n) is 2.20. The molecule has 0 aliphatic heterocycles. The second-order valence-electron chi connectivity index (χ2n) is 6.89. The van der Waals surface area contributed by atoms with Gasteiger partial charge in [-0.05, 0) is 41.7 Å². The number of para-hydroxylation sites is 1. The largest absolute Gasteiger partial charge is 0.491 e. The standard InChI is InChI=1S/C20H27N3O/c1-5-6-13-24-19-12-11-15(20(2,3)4)14-18(19)23-22-17-10-8-7-9-16(17)21/h7-12,14H,5-6,13,21H2,1-4H3. The predicted octanol–water partition coefficient (Wildman–Crippen LogP) is 6.16. The van der Waals surface area contributed by atoms with Crippen molar-refractivity contribution in [1.82, 2.24) is 0 Å². The van der Waals surface area contributed by atoms with E-state index in [9.17, 15) is 0 Å². The maximum Gasteiger partial charge on any atom is 0.146 e. The maximum absolute atomic E-state index is 5.94. The molecule has 0 heterocycles. The molecule has 0 atom stereocenters. The van der Waals surface area contributed by atoms with E-state index in [1.165, 1.54) is 5.56 Å². The summed E-state index contributed by atoms with van der Waals surface area (Å²) in [5.74, 6) is 0.759. The summed E-state index contributed by atoms with van der Waals surface area (Å²) in [5.41, 5.74) is 9.18. The van der Waals surface area contributed by atoms with Crippen molar-refractivity contribution in [3.63, 3.8) is 0 Å². The molecule has 128 valence electrons. The van der Waals surface area contributed by atoms with E-state index < -0.39 is 0 Å². The minimum atomic E-state index is 0.0397. The minimum Gasteiger partial charge on any atom is -0.491 e. The van der Waals surface area contributed by atoms with E-state index >= 15 is 0 Å². The average molecular weight is 325 g/mol. The van der Waals surface area contributed by atoms with E-state index in [1.54, 1.807) is 0 Å². The number of hydrogen-bond acceptors (Lipinski definition) is 4. The molecule has 2 aromatic carbocycles. The van der Waals surface area contributed by atoms with Gasteiger partial charge in [-0.3, -0.25) is 0 Å². The number of nitrogens with two attached hydrogens (primary N) is 1. The van der Waals surface area contributed by atoms with Gasteiger partial charge in [0.15, 0.2) is 0 Å². The Hall–Kier alpha value is -2.36. The number of rotatable bonds is 6. The van der Waals surface area contributed by atoms with Crippen LogP contribution in [0, 0.1) is 0 Å². The van der Waals surface area contributed by atoms with Crippen LogP contribution in [0.5, 0.6) is 5.75 Å². The normalized spacial score (nSPS) is 11.8. The number of anilines is 1. The van der Waals surface area contributed by atoms with Gasteiger partial charge < -0.3 is 10.5 Å². The molecule has 24 heavy (non-hydrogen) atoms. The zero-order valence-electron chi connectivity index (χ0n) is 15.0. The monoisotopic (exact) mass is 325 g/mol. The van der Waals surface area contributed by atoms with Gasteiger partial charge in [-0.15, -0.1) is 10.2 Å². The summed E-state index contributed by atoms with van der Waals surface area (Å²) in [5, 5.41) is 8.72. The van der Waals surface area contributed by atoms with Crippen LogP contribution in [0.3, 0.4) is 0 Å². The molecule has 0 amide bonds. The van der Waals surface area contributed by atoms with E-state index in [0.29, 0.717) is 18.0 Å². The molecule has 0 unspecified atom stereocenters. The number of nitrogens with zero attached hydrogens (tertiary/aromatic N) is 2.